The Kier molecular flexibility index (Phi) is 3.76. The number of nitrogens with zero attached hydrogens (tertiary/aromatic N) is 2. The number of benzene rings is 1. The molecule has 0 saturated heterocycles. The van der Waals surface area contributed by atoms with Crippen molar-refractivity contribution in [2.75, 3.05) is 5.73 Å². The average Bonchev–Trinajstić information content (AvgIpc) is 2.75. The van der Waals surface area contributed by atoms with Gasteiger partial charge in [-0.2, -0.15) is 16.7 Å². The number of hydrogen-bond donors (Lipinski definition) is 2. The predicted octanol–water partition coefficient (Wildman–Crippen LogP) is 2.67. The molecule has 1 heterocycles. The van der Waals surface area contributed by atoms with Crippen molar-refractivity contribution >= 4 is 17.4 Å². The molecule has 0 radical (unpaired) electrons. The molecular formula is C12H15N3O2S. The molecule has 5 nitrogen and oxygen atoms in total. The van der Waals surface area contributed by atoms with Crippen LogP contribution in [0.5, 0.6) is 5.75 Å². The molecule has 6 heteroatoms. The van der Waals surface area contributed by atoms with Gasteiger partial charge in [-0.1, -0.05) is 19.0 Å². The largest absolute Gasteiger partial charge is 0.507 e. The molecule has 96 valence electrons. The van der Waals surface area contributed by atoms with Gasteiger partial charge in [-0.3, -0.25) is 0 Å². The van der Waals surface area contributed by atoms with Crippen molar-refractivity contribution in [3.63, 3.8) is 0 Å². The van der Waals surface area contributed by atoms with Gasteiger partial charge in [-0.05, 0) is 17.4 Å². The molecule has 0 aliphatic carbocycles. The topological polar surface area (TPSA) is 85.2 Å². The Morgan fingerprint density at radius 1 is 1.44 bits per heavy atom. The number of aromatic hydroxyl groups is 1. The zero-order chi connectivity index (χ0) is 13.1. The standard InChI is InChI=1S/C12H15N3O2S/c1-7(2)18-6-11-14-12(17-15-11)9-4-3-8(13)5-10(9)16/h3-5,7,16H,6,13H2,1-2H3. The molecule has 0 aliphatic rings. The number of phenols is 1. The van der Waals surface area contributed by atoms with Gasteiger partial charge in [-0.25, -0.2) is 0 Å². The highest BCUT2D eigenvalue weighted by molar-refractivity contribution is 7.99. The van der Waals surface area contributed by atoms with E-state index >= 15 is 0 Å². The van der Waals surface area contributed by atoms with Crippen LogP contribution in [0.25, 0.3) is 11.5 Å². The normalized spacial score (nSPS) is 11.1. The van der Waals surface area contributed by atoms with Crippen LogP contribution in [0.4, 0.5) is 5.69 Å². The lowest BCUT2D eigenvalue weighted by Gasteiger charge is -2.00. The number of phenolic OH excluding ortho intramolecular Hbond substituents is 1. The third-order valence-electron chi connectivity index (χ3n) is 2.27. The Morgan fingerprint density at radius 3 is 2.89 bits per heavy atom. The highest BCUT2D eigenvalue weighted by atomic mass is 32.2. The first-order valence-corrected chi connectivity index (χ1v) is 6.64. The molecule has 2 aromatic rings. The van der Waals surface area contributed by atoms with E-state index in [9.17, 15) is 5.11 Å². The van der Waals surface area contributed by atoms with E-state index in [0.29, 0.717) is 34.0 Å². The minimum absolute atomic E-state index is 0.0433. The second-order valence-electron chi connectivity index (χ2n) is 4.15. The number of nitrogens with two attached hydrogens (primary N) is 1. The average molecular weight is 265 g/mol. The summed E-state index contributed by atoms with van der Waals surface area (Å²) in [6, 6.07) is 4.81. The van der Waals surface area contributed by atoms with E-state index < -0.39 is 0 Å². The van der Waals surface area contributed by atoms with E-state index in [4.69, 9.17) is 10.3 Å². The third kappa shape index (κ3) is 2.95. The van der Waals surface area contributed by atoms with Gasteiger partial charge in [0.25, 0.3) is 5.89 Å². The van der Waals surface area contributed by atoms with Gasteiger partial charge >= 0.3 is 0 Å². The van der Waals surface area contributed by atoms with E-state index in [2.05, 4.69) is 24.0 Å². The fourth-order valence-electron chi connectivity index (χ4n) is 1.39. The molecule has 18 heavy (non-hydrogen) atoms. The number of nitrogen functional groups attached to an aromatic ring is 1. The molecule has 0 saturated carbocycles. The zero-order valence-corrected chi connectivity index (χ0v) is 11.1. The molecule has 0 aliphatic heterocycles. The van der Waals surface area contributed by atoms with Crippen LogP contribution in [-0.2, 0) is 5.75 Å². The fourth-order valence-corrected chi connectivity index (χ4v) is 1.99. The lowest BCUT2D eigenvalue weighted by Crippen LogP contribution is -1.91. The number of anilines is 1. The Hall–Kier alpha value is -1.69. The van der Waals surface area contributed by atoms with E-state index in [1.165, 1.54) is 6.07 Å². The summed E-state index contributed by atoms with van der Waals surface area (Å²) >= 11 is 1.73. The minimum Gasteiger partial charge on any atom is -0.507 e. The molecule has 1 aromatic carbocycles. The van der Waals surface area contributed by atoms with Crippen LogP contribution < -0.4 is 5.73 Å². The first-order chi connectivity index (χ1) is 8.56. The van der Waals surface area contributed by atoms with Crippen molar-refractivity contribution in [3.05, 3.63) is 24.0 Å². The second-order valence-corrected chi connectivity index (χ2v) is 5.72. The van der Waals surface area contributed by atoms with Crippen molar-refractivity contribution in [2.24, 2.45) is 0 Å². The molecule has 0 atom stereocenters. The Balaban J connectivity index is 2.18. The molecule has 0 bridgehead atoms. The number of thioether (sulfide) groups is 1. The fraction of sp³-hybridized carbons (Fsp3) is 0.333. The molecule has 3 N–H and O–H groups in total. The smallest absolute Gasteiger partial charge is 0.261 e. The van der Waals surface area contributed by atoms with Gasteiger partial charge in [0, 0.05) is 11.8 Å². The molecule has 0 amide bonds. The van der Waals surface area contributed by atoms with Gasteiger partial charge in [0.2, 0.25) is 0 Å². The Bertz CT molecular complexity index is 540. The summed E-state index contributed by atoms with van der Waals surface area (Å²) < 4.78 is 5.13. The minimum atomic E-state index is 0.0433. The first-order valence-electron chi connectivity index (χ1n) is 5.59. The van der Waals surface area contributed by atoms with Crippen LogP contribution in [-0.4, -0.2) is 20.5 Å². The Labute approximate surface area is 109 Å². The van der Waals surface area contributed by atoms with Gasteiger partial charge < -0.3 is 15.4 Å². The summed E-state index contributed by atoms with van der Waals surface area (Å²) in [6.45, 7) is 4.22. The molecule has 0 fully saturated rings. The van der Waals surface area contributed by atoms with E-state index in [0.717, 1.165) is 0 Å². The van der Waals surface area contributed by atoms with Crippen molar-refractivity contribution in [3.8, 4) is 17.2 Å². The second kappa shape index (κ2) is 5.30. The van der Waals surface area contributed by atoms with Crippen molar-refractivity contribution in [1.29, 1.82) is 0 Å². The van der Waals surface area contributed by atoms with Crippen molar-refractivity contribution in [1.82, 2.24) is 10.1 Å². The third-order valence-corrected chi connectivity index (χ3v) is 3.36. The van der Waals surface area contributed by atoms with Crippen molar-refractivity contribution in [2.45, 2.75) is 24.9 Å². The van der Waals surface area contributed by atoms with Gasteiger partial charge in [-0.15, -0.1) is 0 Å². The van der Waals surface area contributed by atoms with Crippen LogP contribution in [0.3, 0.4) is 0 Å². The summed E-state index contributed by atoms with van der Waals surface area (Å²) in [5, 5.41) is 14.1. The summed E-state index contributed by atoms with van der Waals surface area (Å²) in [6.07, 6.45) is 0. The van der Waals surface area contributed by atoms with Crippen LogP contribution >= 0.6 is 11.8 Å². The molecule has 0 unspecified atom stereocenters. The monoisotopic (exact) mass is 265 g/mol. The number of hydrogen-bond acceptors (Lipinski definition) is 6. The highest BCUT2D eigenvalue weighted by Crippen LogP contribution is 2.29. The number of rotatable bonds is 4. The summed E-state index contributed by atoms with van der Waals surface area (Å²) in [4.78, 5) is 4.24. The lowest BCUT2D eigenvalue weighted by atomic mass is 10.2. The SMILES string of the molecule is CC(C)SCc1noc(-c2ccc(N)cc2O)n1. The highest BCUT2D eigenvalue weighted by Gasteiger charge is 2.13. The molecule has 0 spiro atoms. The summed E-state index contributed by atoms with van der Waals surface area (Å²) in [5.41, 5.74) is 6.55. The molecule has 1 aromatic heterocycles. The van der Waals surface area contributed by atoms with Crippen LogP contribution in [0.2, 0.25) is 0 Å². The van der Waals surface area contributed by atoms with Gasteiger partial charge in [0.05, 0.1) is 11.3 Å². The van der Waals surface area contributed by atoms with Crippen LogP contribution in [0.1, 0.15) is 19.7 Å². The van der Waals surface area contributed by atoms with Crippen LogP contribution in [0, 0.1) is 0 Å². The lowest BCUT2D eigenvalue weighted by molar-refractivity contribution is 0.419. The predicted molar refractivity (Wildman–Crippen MR) is 72.2 cm³/mol. The first kappa shape index (κ1) is 12.8. The molecule has 2 rings (SSSR count). The van der Waals surface area contributed by atoms with E-state index in [-0.39, 0.29) is 5.75 Å². The maximum Gasteiger partial charge on any atom is 0.261 e. The van der Waals surface area contributed by atoms with Gasteiger partial charge in [0.15, 0.2) is 5.82 Å². The maximum atomic E-state index is 9.76. The zero-order valence-electron chi connectivity index (χ0n) is 10.3. The maximum absolute atomic E-state index is 9.76. The van der Waals surface area contributed by atoms with Crippen molar-refractivity contribution < 1.29 is 9.63 Å². The van der Waals surface area contributed by atoms with E-state index in [1.54, 1.807) is 23.9 Å². The molecular weight excluding hydrogens is 250 g/mol. The van der Waals surface area contributed by atoms with Crippen LogP contribution in [0.15, 0.2) is 22.7 Å². The summed E-state index contributed by atoms with van der Waals surface area (Å²) in [5.74, 6) is 1.67. The Morgan fingerprint density at radius 2 is 2.22 bits per heavy atom. The van der Waals surface area contributed by atoms with Gasteiger partial charge in [0.1, 0.15) is 5.75 Å². The quantitative estimate of drug-likeness (QED) is 0.827. The number of aromatic nitrogens is 2. The summed E-state index contributed by atoms with van der Waals surface area (Å²) in [7, 11) is 0. The van der Waals surface area contributed by atoms with E-state index in [1.807, 2.05) is 0 Å².